The molecule has 0 N–H and O–H groups in total. The third kappa shape index (κ3) is 4.73. The molecular weight excluding hydrogens is 270 g/mol. The van der Waals surface area contributed by atoms with E-state index in [1.165, 1.54) is 6.42 Å². The van der Waals surface area contributed by atoms with Crippen molar-refractivity contribution in [2.24, 2.45) is 5.92 Å². The summed E-state index contributed by atoms with van der Waals surface area (Å²) in [6.07, 6.45) is 3.30. The molecule has 1 aliphatic rings. The van der Waals surface area contributed by atoms with E-state index in [0.717, 1.165) is 31.3 Å². The predicted octanol–water partition coefficient (Wildman–Crippen LogP) is 3.42. The van der Waals surface area contributed by atoms with Gasteiger partial charge in [0.25, 0.3) is 0 Å². The van der Waals surface area contributed by atoms with Crippen LogP contribution in [0.3, 0.4) is 0 Å². The number of nitrogens with zero attached hydrogens (tertiary/aromatic N) is 1. The van der Waals surface area contributed by atoms with Gasteiger partial charge in [0.15, 0.2) is 0 Å². The van der Waals surface area contributed by atoms with Gasteiger partial charge in [-0.2, -0.15) is 0 Å². The van der Waals surface area contributed by atoms with Crippen LogP contribution in [0.1, 0.15) is 40.0 Å². The Bertz CT molecular complexity index is 236. The van der Waals surface area contributed by atoms with Crippen LogP contribution in [-0.4, -0.2) is 35.0 Å². The van der Waals surface area contributed by atoms with E-state index in [1.54, 1.807) is 0 Å². The molecule has 0 saturated carbocycles. The SMILES string of the molecule is CC(C)(C)OC(=O)N1CCCC(CCBr)C1. The number of likely N-dealkylation sites (tertiary alicyclic amines) is 1. The minimum Gasteiger partial charge on any atom is -0.444 e. The van der Waals surface area contributed by atoms with Crippen LogP contribution < -0.4 is 0 Å². The molecule has 1 rings (SSSR count). The highest BCUT2D eigenvalue weighted by molar-refractivity contribution is 9.09. The minimum absolute atomic E-state index is 0.160. The second-order valence-electron chi connectivity index (χ2n) is 5.41. The third-order valence-electron chi connectivity index (χ3n) is 2.69. The molecule has 0 aromatic rings. The molecule has 4 heteroatoms. The number of carbonyl (C=O) groups excluding carboxylic acids is 1. The molecule has 0 bridgehead atoms. The Morgan fingerprint density at radius 1 is 1.50 bits per heavy atom. The highest BCUT2D eigenvalue weighted by atomic mass is 79.9. The second-order valence-corrected chi connectivity index (χ2v) is 6.21. The first-order valence-corrected chi connectivity index (χ1v) is 7.08. The molecule has 1 saturated heterocycles. The molecular formula is C12H22BrNO2. The van der Waals surface area contributed by atoms with Crippen molar-refractivity contribution in [2.75, 3.05) is 18.4 Å². The Labute approximate surface area is 107 Å². The van der Waals surface area contributed by atoms with Crippen LogP contribution in [0.2, 0.25) is 0 Å². The number of hydrogen-bond donors (Lipinski definition) is 0. The van der Waals surface area contributed by atoms with Crippen LogP contribution >= 0.6 is 15.9 Å². The summed E-state index contributed by atoms with van der Waals surface area (Å²) in [5.74, 6) is 0.626. The van der Waals surface area contributed by atoms with E-state index in [1.807, 2.05) is 25.7 Å². The van der Waals surface area contributed by atoms with E-state index < -0.39 is 0 Å². The minimum atomic E-state index is -0.389. The maximum atomic E-state index is 11.9. The van der Waals surface area contributed by atoms with Gasteiger partial charge in [-0.3, -0.25) is 0 Å². The lowest BCUT2D eigenvalue weighted by Gasteiger charge is -2.34. The van der Waals surface area contributed by atoms with Crippen LogP contribution in [0, 0.1) is 5.92 Å². The van der Waals surface area contributed by atoms with Gasteiger partial charge in [0.05, 0.1) is 0 Å². The van der Waals surface area contributed by atoms with E-state index >= 15 is 0 Å². The summed E-state index contributed by atoms with van der Waals surface area (Å²) in [5.41, 5.74) is -0.389. The maximum Gasteiger partial charge on any atom is 0.410 e. The lowest BCUT2D eigenvalue weighted by Crippen LogP contribution is -2.42. The second kappa shape index (κ2) is 5.89. The highest BCUT2D eigenvalue weighted by Crippen LogP contribution is 2.22. The highest BCUT2D eigenvalue weighted by Gasteiger charge is 2.27. The summed E-state index contributed by atoms with van der Waals surface area (Å²) >= 11 is 3.46. The van der Waals surface area contributed by atoms with Crippen molar-refractivity contribution >= 4 is 22.0 Å². The van der Waals surface area contributed by atoms with Gasteiger partial charge < -0.3 is 9.64 Å². The molecule has 0 radical (unpaired) electrons. The largest absolute Gasteiger partial charge is 0.444 e. The van der Waals surface area contributed by atoms with Crippen molar-refractivity contribution in [1.29, 1.82) is 0 Å². The Balaban J connectivity index is 2.44. The lowest BCUT2D eigenvalue weighted by atomic mass is 9.96. The Kier molecular flexibility index (Phi) is 5.09. The average Bonchev–Trinajstić information content (AvgIpc) is 2.16. The number of hydrogen-bond acceptors (Lipinski definition) is 2. The third-order valence-corrected chi connectivity index (χ3v) is 3.15. The Hall–Kier alpha value is -0.250. The number of carbonyl (C=O) groups is 1. The summed E-state index contributed by atoms with van der Waals surface area (Å²) < 4.78 is 5.38. The summed E-state index contributed by atoms with van der Waals surface area (Å²) in [4.78, 5) is 13.7. The standard InChI is InChI=1S/C12H22BrNO2/c1-12(2,3)16-11(15)14-8-4-5-10(9-14)6-7-13/h10H,4-9H2,1-3H3. The van der Waals surface area contributed by atoms with E-state index in [9.17, 15) is 4.79 Å². The molecule has 16 heavy (non-hydrogen) atoms. The van der Waals surface area contributed by atoms with Crippen molar-refractivity contribution in [3.05, 3.63) is 0 Å². The van der Waals surface area contributed by atoms with Gasteiger partial charge in [0.1, 0.15) is 5.60 Å². The van der Waals surface area contributed by atoms with Crippen molar-refractivity contribution in [1.82, 2.24) is 4.90 Å². The van der Waals surface area contributed by atoms with Crippen LogP contribution in [0.15, 0.2) is 0 Å². The molecule has 3 nitrogen and oxygen atoms in total. The number of halogens is 1. The van der Waals surface area contributed by atoms with Gasteiger partial charge in [0.2, 0.25) is 0 Å². The molecule has 1 aliphatic heterocycles. The number of rotatable bonds is 2. The Morgan fingerprint density at radius 3 is 2.75 bits per heavy atom. The predicted molar refractivity (Wildman–Crippen MR) is 68.9 cm³/mol. The van der Waals surface area contributed by atoms with E-state index in [0.29, 0.717) is 5.92 Å². The van der Waals surface area contributed by atoms with Crippen LogP contribution in [0.5, 0.6) is 0 Å². The zero-order valence-corrected chi connectivity index (χ0v) is 12.0. The van der Waals surface area contributed by atoms with Crippen molar-refractivity contribution in [3.63, 3.8) is 0 Å². The van der Waals surface area contributed by atoms with Crippen LogP contribution in [0.4, 0.5) is 4.79 Å². The molecule has 94 valence electrons. The lowest BCUT2D eigenvalue weighted by molar-refractivity contribution is 0.0165. The molecule has 1 unspecified atom stereocenters. The number of amides is 1. The summed E-state index contributed by atoms with van der Waals surface area (Å²) in [5, 5.41) is 1.01. The van der Waals surface area contributed by atoms with Gasteiger partial charge in [-0.15, -0.1) is 0 Å². The summed E-state index contributed by atoms with van der Waals surface area (Å²) in [6, 6.07) is 0. The first-order chi connectivity index (χ1) is 7.42. The quantitative estimate of drug-likeness (QED) is 0.730. The van der Waals surface area contributed by atoms with Gasteiger partial charge in [-0.25, -0.2) is 4.79 Å². The Morgan fingerprint density at radius 2 is 2.19 bits per heavy atom. The molecule has 0 aliphatic carbocycles. The zero-order valence-electron chi connectivity index (χ0n) is 10.5. The van der Waals surface area contributed by atoms with Crippen molar-refractivity contribution in [3.8, 4) is 0 Å². The van der Waals surface area contributed by atoms with E-state index in [-0.39, 0.29) is 11.7 Å². The number of alkyl halides is 1. The van der Waals surface area contributed by atoms with Gasteiger partial charge in [-0.1, -0.05) is 15.9 Å². The van der Waals surface area contributed by atoms with Gasteiger partial charge in [0, 0.05) is 18.4 Å². The molecule has 1 fully saturated rings. The van der Waals surface area contributed by atoms with Gasteiger partial charge in [-0.05, 0) is 46.0 Å². The smallest absolute Gasteiger partial charge is 0.410 e. The maximum absolute atomic E-state index is 11.9. The van der Waals surface area contributed by atoms with Gasteiger partial charge >= 0.3 is 6.09 Å². The monoisotopic (exact) mass is 291 g/mol. The zero-order chi connectivity index (χ0) is 12.2. The molecule has 1 heterocycles. The van der Waals surface area contributed by atoms with Crippen molar-refractivity contribution in [2.45, 2.75) is 45.6 Å². The summed E-state index contributed by atoms with van der Waals surface area (Å²) in [6.45, 7) is 7.41. The van der Waals surface area contributed by atoms with Crippen LogP contribution in [-0.2, 0) is 4.74 Å². The normalized spacial score (nSPS) is 22.0. The van der Waals surface area contributed by atoms with Crippen molar-refractivity contribution < 1.29 is 9.53 Å². The topological polar surface area (TPSA) is 29.5 Å². The molecule has 1 atom stereocenters. The van der Waals surface area contributed by atoms with E-state index in [4.69, 9.17) is 4.74 Å². The van der Waals surface area contributed by atoms with E-state index in [2.05, 4.69) is 15.9 Å². The fraction of sp³-hybridized carbons (Fsp3) is 0.917. The first-order valence-electron chi connectivity index (χ1n) is 5.96. The first kappa shape index (κ1) is 13.8. The average molecular weight is 292 g/mol. The number of ether oxygens (including phenoxy) is 1. The van der Waals surface area contributed by atoms with Crippen LogP contribution in [0.25, 0.3) is 0 Å². The fourth-order valence-electron chi connectivity index (χ4n) is 1.95. The fourth-order valence-corrected chi connectivity index (χ4v) is 2.59. The summed E-state index contributed by atoms with van der Waals surface area (Å²) in [7, 11) is 0. The molecule has 0 aromatic heterocycles. The number of piperidine rings is 1. The molecule has 1 amide bonds. The molecule has 0 spiro atoms. The molecule has 0 aromatic carbocycles.